The van der Waals surface area contributed by atoms with Gasteiger partial charge < -0.3 is 5.11 Å². The topological polar surface area (TPSA) is 57.6 Å². The summed E-state index contributed by atoms with van der Waals surface area (Å²) < 4.78 is 24.6. The number of aliphatic hydroxyl groups is 1. The molecule has 14 heavy (non-hydrogen) atoms. The van der Waals surface area contributed by atoms with Crippen LogP contribution in [0.15, 0.2) is 0 Å². The quantitative estimate of drug-likeness (QED) is 0.725. The van der Waals surface area contributed by atoms with Gasteiger partial charge in [-0.15, -0.1) is 0 Å². The summed E-state index contributed by atoms with van der Waals surface area (Å²) in [4.78, 5) is 0. The maximum absolute atomic E-state index is 11.7. The monoisotopic (exact) mass is 223 g/mol. The largest absolute Gasteiger partial charge is 0.389 e. The molecule has 1 N–H and O–H groups in total. The molecule has 0 fully saturated rings. The van der Waals surface area contributed by atoms with Crippen molar-refractivity contribution < 1.29 is 13.5 Å². The Bertz CT molecular complexity index is 254. The Balaban J connectivity index is 4.57. The second-order valence-corrected chi connectivity index (χ2v) is 6.14. The number of rotatable bonds is 6. The highest BCUT2D eigenvalue weighted by Gasteiger charge is 2.25. The van der Waals surface area contributed by atoms with Crippen LogP contribution in [0.1, 0.15) is 34.1 Å². The Morgan fingerprint density at radius 1 is 1.29 bits per heavy atom. The molecule has 0 aliphatic rings. The molecule has 5 heteroatoms. The fourth-order valence-corrected chi connectivity index (χ4v) is 2.91. The van der Waals surface area contributed by atoms with E-state index in [0.29, 0.717) is 13.0 Å². The van der Waals surface area contributed by atoms with Gasteiger partial charge in [-0.3, -0.25) is 0 Å². The average Bonchev–Trinajstić information content (AvgIpc) is 1.98. The van der Waals surface area contributed by atoms with E-state index >= 15 is 0 Å². The fraction of sp³-hybridized carbons (Fsp3) is 1.00. The zero-order valence-electron chi connectivity index (χ0n) is 9.45. The summed E-state index contributed by atoms with van der Waals surface area (Å²) in [6, 6.07) is 0. The number of hydrogen-bond donors (Lipinski definition) is 1. The van der Waals surface area contributed by atoms with Gasteiger partial charge in [0.2, 0.25) is 10.0 Å². The van der Waals surface area contributed by atoms with Gasteiger partial charge in [-0.2, -0.15) is 4.31 Å². The van der Waals surface area contributed by atoms with E-state index in [1.54, 1.807) is 20.8 Å². The van der Waals surface area contributed by atoms with Crippen molar-refractivity contribution in [3.05, 3.63) is 0 Å². The predicted octanol–water partition coefficient (Wildman–Crippen LogP) is 0.819. The van der Waals surface area contributed by atoms with Crippen LogP contribution in [0.25, 0.3) is 0 Å². The van der Waals surface area contributed by atoms with Gasteiger partial charge in [0, 0.05) is 13.1 Å². The van der Waals surface area contributed by atoms with Gasteiger partial charge in [-0.05, 0) is 20.3 Å². The lowest BCUT2D eigenvalue weighted by Gasteiger charge is -2.27. The van der Waals surface area contributed by atoms with E-state index in [1.807, 2.05) is 6.92 Å². The minimum absolute atomic E-state index is 0.150. The maximum Gasteiger partial charge on any atom is 0.214 e. The van der Waals surface area contributed by atoms with Gasteiger partial charge in [0.15, 0.2) is 0 Å². The molecule has 0 radical (unpaired) electrons. The molecule has 0 aliphatic carbocycles. The van der Waals surface area contributed by atoms with Gasteiger partial charge in [-0.25, -0.2) is 8.42 Å². The molecule has 0 heterocycles. The van der Waals surface area contributed by atoms with Crippen molar-refractivity contribution in [1.29, 1.82) is 0 Å². The molecule has 0 bridgehead atoms. The van der Waals surface area contributed by atoms with Crippen LogP contribution in [0, 0.1) is 0 Å². The molecule has 0 amide bonds. The number of hydrogen-bond acceptors (Lipinski definition) is 3. The molecule has 4 nitrogen and oxygen atoms in total. The fourth-order valence-electron chi connectivity index (χ4n) is 1.23. The van der Waals surface area contributed by atoms with Gasteiger partial charge in [0.25, 0.3) is 0 Å². The number of sulfonamides is 1. The summed E-state index contributed by atoms with van der Waals surface area (Å²) >= 11 is 0. The van der Waals surface area contributed by atoms with Crippen molar-refractivity contribution in [2.75, 3.05) is 18.8 Å². The molecule has 86 valence electrons. The maximum atomic E-state index is 11.7. The Kier molecular flexibility index (Phi) is 5.05. The Hall–Kier alpha value is -0.130. The lowest BCUT2D eigenvalue weighted by Crippen LogP contribution is -2.42. The number of nitrogens with zero attached hydrogens (tertiary/aromatic N) is 1. The normalized spacial score (nSPS) is 13.6. The molecule has 0 aromatic heterocycles. The highest BCUT2D eigenvalue weighted by molar-refractivity contribution is 7.89. The summed E-state index contributed by atoms with van der Waals surface area (Å²) in [5, 5.41) is 9.54. The van der Waals surface area contributed by atoms with Crippen LogP contribution >= 0.6 is 0 Å². The molecule has 0 spiro atoms. The molecule has 0 aromatic rings. The van der Waals surface area contributed by atoms with Crippen molar-refractivity contribution in [2.45, 2.75) is 39.7 Å². The summed E-state index contributed by atoms with van der Waals surface area (Å²) in [6.45, 7) is 7.39. The van der Waals surface area contributed by atoms with Gasteiger partial charge in [0.1, 0.15) is 0 Å². The third-order valence-electron chi connectivity index (χ3n) is 1.77. The minimum Gasteiger partial charge on any atom is -0.389 e. The summed E-state index contributed by atoms with van der Waals surface area (Å²) in [6.07, 6.45) is 0.602. The molecule has 0 atom stereocenters. The molecular weight excluding hydrogens is 202 g/mol. The van der Waals surface area contributed by atoms with E-state index in [0.717, 1.165) is 0 Å². The third-order valence-corrected chi connectivity index (χ3v) is 3.87. The van der Waals surface area contributed by atoms with E-state index < -0.39 is 15.6 Å². The molecule has 0 rings (SSSR count). The third kappa shape index (κ3) is 4.93. The SMILES string of the molecule is CCCS(=O)(=O)N(CC)CC(C)(C)O. The molecular formula is C9H21NO3S. The van der Waals surface area contributed by atoms with Crippen molar-refractivity contribution in [2.24, 2.45) is 0 Å². The molecule has 0 aliphatic heterocycles. The van der Waals surface area contributed by atoms with Crippen molar-refractivity contribution in [3.63, 3.8) is 0 Å². The van der Waals surface area contributed by atoms with Crippen molar-refractivity contribution in [3.8, 4) is 0 Å². The second-order valence-electron chi connectivity index (χ2n) is 4.05. The standard InChI is InChI=1S/C9H21NO3S/c1-5-7-14(12,13)10(6-2)8-9(3,4)11/h11H,5-8H2,1-4H3. The number of likely N-dealkylation sites (N-methyl/N-ethyl adjacent to an activating group) is 1. The van der Waals surface area contributed by atoms with Crippen LogP contribution in [0.5, 0.6) is 0 Å². The van der Waals surface area contributed by atoms with Gasteiger partial charge in [0.05, 0.1) is 11.4 Å². The Morgan fingerprint density at radius 2 is 1.79 bits per heavy atom. The summed E-state index contributed by atoms with van der Waals surface area (Å²) in [5.41, 5.74) is -0.975. The Morgan fingerprint density at radius 3 is 2.07 bits per heavy atom. The zero-order chi connectivity index (χ0) is 11.4. The van der Waals surface area contributed by atoms with E-state index in [2.05, 4.69) is 0 Å². The highest BCUT2D eigenvalue weighted by Crippen LogP contribution is 2.10. The Labute approximate surface area is 87.0 Å². The van der Waals surface area contributed by atoms with Crippen molar-refractivity contribution in [1.82, 2.24) is 4.31 Å². The average molecular weight is 223 g/mol. The van der Waals surface area contributed by atoms with Gasteiger partial charge in [-0.1, -0.05) is 13.8 Å². The van der Waals surface area contributed by atoms with E-state index in [-0.39, 0.29) is 12.3 Å². The highest BCUT2D eigenvalue weighted by atomic mass is 32.2. The minimum atomic E-state index is -3.18. The van der Waals surface area contributed by atoms with Crippen LogP contribution in [-0.2, 0) is 10.0 Å². The van der Waals surface area contributed by atoms with Crippen LogP contribution < -0.4 is 0 Å². The second kappa shape index (κ2) is 5.09. The molecule has 0 saturated heterocycles. The van der Waals surface area contributed by atoms with Crippen LogP contribution in [0.4, 0.5) is 0 Å². The first kappa shape index (κ1) is 13.9. The molecule has 0 saturated carbocycles. The van der Waals surface area contributed by atoms with E-state index in [9.17, 15) is 13.5 Å². The van der Waals surface area contributed by atoms with Crippen molar-refractivity contribution >= 4 is 10.0 Å². The smallest absolute Gasteiger partial charge is 0.214 e. The first-order chi connectivity index (χ1) is 6.23. The lowest BCUT2D eigenvalue weighted by molar-refractivity contribution is 0.0601. The van der Waals surface area contributed by atoms with Crippen LogP contribution in [-0.4, -0.2) is 42.3 Å². The molecule has 0 unspecified atom stereocenters. The lowest BCUT2D eigenvalue weighted by atomic mass is 10.1. The molecule has 0 aromatic carbocycles. The van der Waals surface area contributed by atoms with Crippen LogP contribution in [0.3, 0.4) is 0 Å². The van der Waals surface area contributed by atoms with Gasteiger partial charge >= 0.3 is 0 Å². The van der Waals surface area contributed by atoms with E-state index in [1.165, 1.54) is 4.31 Å². The predicted molar refractivity (Wildman–Crippen MR) is 57.6 cm³/mol. The zero-order valence-corrected chi connectivity index (χ0v) is 10.3. The summed E-state index contributed by atoms with van der Waals surface area (Å²) in [5.74, 6) is 0.150. The van der Waals surface area contributed by atoms with E-state index in [4.69, 9.17) is 0 Å². The first-order valence-corrected chi connectivity index (χ1v) is 6.54. The first-order valence-electron chi connectivity index (χ1n) is 4.93. The van der Waals surface area contributed by atoms with Crippen LogP contribution in [0.2, 0.25) is 0 Å². The summed E-state index contributed by atoms with van der Waals surface area (Å²) in [7, 11) is -3.18.